The minimum atomic E-state index is -4.52. The maximum atomic E-state index is 13.2. The summed E-state index contributed by atoms with van der Waals surface area (Å²) in [6.45, 7) is 6.49. The van der Waals surface area contributed by atoms with Gasteiger partial charge in [0.2, 0.25) is 5.69 Å². The van der Waals surface area contributed by atoms with Crippen LogP contribution in [0.1, 0.15) is 97.1 Å². The Kier molecular flexibility index (Phi) is 19.6. The molecule has 0 bridgehead atoms. The van der Waals surface area contributed by atoms with Crippen LogP contribution in [0.4, 0.5) is 11.4 Å². The van der Waals surface area contributed by atoms with Crippen LogP contribution in [0, 0.1) is 0 Å². The second kappa shape index (κ2) is 24.1. The molecule has 2 atom stereocenters. The van der Waals surface area contributed by atoms with Crippen LogP contribution in [-0.4, -0.2) is 138 Å². The van der Waals surface area contributed by atoms with Crippen LogP contribution in [0.3, 0.4) is 0 Å². The molecule has 2 amide bonds. The summed E-state index contributed by atoms with van der Waals surface area (Å²) in [5.74, 6) is -2.50. The number of carbonyl (C=O) groups is 3. The Labute approximate surface area is 383 Å². The first-order valence-corrected chi connectivity index (χ1v) is 24.9. The van der Waals surface area contributed by atoms with E-state index in [4.69, 9.17) is 14.2 Å². The molecule has 2 aliphatic heterocycles. The van der Waals surface area contributed by atoms with E-state index < -0.39 is 48.5 Å². The average Bonchev–Trinajstić information content (AvgIpc) is 3.60. The first-order valence-electron chi connectivity index (χ1n) is 21.7. The second-order valence-corrected chi connectivity index (χ2v) is 19.7. The van der Waals surface area contributed by atoms with E-state index in [9.17, 15) is 45.4 Å². The number of benzene rings is 2. The molecule has 0 fully saturated rings. The third-order valence-corrected chi connectivity index (χ3v) is 13.4. The summed E-state index contributed by atoms with van der Waals surface area (Å²) in [6, 6.07) is 10.8. The Balaban J connectivity index is 1.80. The first kappa shape index (κ1) is 52.9. The number of rotatable bonds is 28. The van der Waals surface area contributed by atoms with Crippen molar-refractivity contribution < 1.29 is 64.2 Å². The van der Waals surface area contributed by atoms with Gasteiger partial charge in [0.05, 0.1) is 41.1 Å². The number of ether oxygens (including phenoxy) is 3. The van der Waals surface area contributed by atoms with Crippen molar-refractivity contribution in [2.75, 3.05) is 83.7 Å². The fraction of sp³-hybridized carbons (Fsp3) is 0.522. The van der Waals surface area contributed by atoms with E-state index in [-0.39, 0.29) is 37.5 Å². The van der Waals surface area contributed by atoms with Gasteiger partial charge in [0.25, 0.3) is 21.9 Å². The third kappa shape index (κ3) is 14.6. The average molecular weight is 945 g/mol. The number of anilines is 1. The predicted octanol–water partition coefficient (Wildman–Crippen LogP) is 4.85. The number of hydrogen-bond donors (Lipinski definition) is 4. The molecule has 2 aromatic rings. The molecule has 2 aromatic carbocycles. The van der Waals surface area contributed by atoms with Gasteiger partial charge < -0.3 is 39.4 Å². The summed E-state index contributed by atoms with van der Waals surface area (Å²) >= 11 is 0. The smallest absolute Gasteiger partial charge is 0.303 e. The Bertz CT molecular complexity index is 2360. The van der Waals surface area contributed by atoms with Gasteiger partial charge >= 0.3 is 5.97 Å². The number of unbranched alkanes of at least 4 members (excludes halogenated alkanes) is 2. The van der Waals surface area contributed by atoms with Gasteiger partial charge in [-0.2, -0.15) is 13.0 Å². The van der Waals surface area contributed by atoms with Gasteiger partial charge in [-0.15, -0.1) is 0 Å². The van der Waals surface area contributed by atoms with Crippen LogP contribution in [-0.2, 0) is 50.1 Å². The van der Waals surface area contributed by atoms with Crippen molar-refractivity contribution in [3.8, 4) is 0 Å². The molecule has 0 saturated heterocycles. The topological polar surface area (TPSA) is 241 Å². The van der Waals surface area contributed by atoms with Gasteiger partial charge in [-0.3, -0.25) is 18.9 Å². The molecule has 0 radical (unpaired) electrons. The lowest BCUT2D eigenvalue weighted by Gasteiger charge is -2.30. The molecule has 0 aromatic heterocycles. The van der Waals surface area contributed by atoms with Gasteiger partial charge in [-0.1, -0.05) is 18.2 Å². The molecule has 4 rings (SSSR count). The van der Waals surface area contributed by atoms with Crippen LogP contribution in [0.5, 0.6) is 0 Å². The largest absolute Gasteiger partial charge is 0.748 e. The predicted molar refractivity (Wildman–Crippen MR) is 247 cm³/mol. The quantitative estimate of drug-likeness (QED) is 0.0386. The maximum Gasteiger partial charge on any atom is 0.303 e. The number of carboxylic acid groups (broad SMARTS) is 1. The molecular formula is C46H64N4O13S2. The zero-order chi connectivity index (χ0) is 47.8. The highest BCUT2D eigenvalue weighted by atomic mass is 32.2. The lowest BCUT2D eigenvalue weighted by atomic mass is 9.75. The number of carbonyl (C=O) groups excluding carboxylic acids is 2. The first-order chi connectivity index (χ1) is 30.8. The molecule has 19 heteroatoms. The van der Waals surface area contributed by atoms with Crippen molar-refractivity contribution in [2.45, 2.75) is 76.0 Å². The molecule has 0 saturated carbocycles. The molecule has 2 unspecified atom stereocenters. The second-order valence-electron chi connectivity index (χ2n) is 16.6. The molecular weight excluding hydrogens is 881 g/mol. The van der Waals surface area contributed by atoms with E-state index in [1.54, 1.807) is 32.4 Å². The van der Waals surface area contributed by atoms with Gasteiger partial charge in [-0.25, -0.2) is 8.42 Å². The number of fused-ring (bicyclic) bond motifs is 2. The van der Waals surface area contributed by atoms with Crippen molar-refractivity contribution in [1.29, 1.82) is 0 Å². The van der Waals surface area contributed by atoms with Crippen molar-refractivity contribution in [2.24, 2.45) is 0 Å². The number of nitrogens with one attached hydrogen (secondary N) is 2. The number of nitrogens with zero attached hydrogens (tertiary/aromatic N) is 2. The SMILES string of the molecule is COCCNC(=O)c1ccc2c(c1)C(C)(CCCS(=O)(=O)O)C(=CC=CC=CC1=[N+](CCCCCC(=O)O)c3ccc(C(=O)NCCOC)cc3C1(C)CCCS(=O)(=O)[O-])N2CCOC. The standard InChI is InChI=1S/C46H64N4O13S2/c1-45(21-12-30-64(55,56)57)36-32-34(43(53)47-23-27-61-3)17-19-38(36)49(25-11-7-10-16-42(51)52)40(45)14-8-6-9-15-41-46(2,22-13-31-65(58,59)60)37-33-35(44(54)48-24-28-62-4)18-20-39(37)50(41)26-29-63-5/h6,8-9,14-15,17-20,32-33H,7,10-13,16,21-31H2,1-5H3,(H4-,47,48,51,52,53,54,55,56,57,58,59,60). The van der Waals surface area contributed by atoms with Gasteiger partial charge in [0.15, 0.2) is 5.71 Å². The molecule has 2 heterocycles. The van der Waals surface area contributed by atoms with Crippen LogP contribution in [0.2, 0.25) is 0 Å². The van der Waals surface area contributed by atoms with Gasteiger partial charge in [0.1, 0.15) is 6.54 Å². The lowest BCUT2D eigenvalue weighted by molar-refractivity contribution is -0.438. The minimum absolute atomic E-state index is 0.0369. The summed E-state index contributed by atoms with van der Waals surface area (Å²) in [5.41, 5.74) is 3.97. The molecule has 17 nitrogen and oxygen atoms in total. The Morgan fingerprint density at radius 1 is 0.769 bits per heavy atom. The molecule has 358 valence electrons. The molecule has 65 heavy (non-hydrogen) atoms. The zero-order valence-corrected chi connectivity index (χ0v) is 39.6. The maximum absolute atomic E-state index is 13.2. The highest BCUT2D eigenvalue weighted by molar-refractivity contribution is 7.85. The van der Waals surface area contributed by atoms with E-state index in [0.29, 0.717) is 82.8 Å². The zero-order valence-electron chi connectivity index (χ0n) is 38.0. The van der Waals surface area contributed by atoms with Gasteiger partial charge in [0, 0.05) is 105 Å². The highest BCUT2D eigenvalue weighted by Gasteiger charge is 2.48. The van der Waals surface area contributed by atoms with E-state index in [0.717, 1.165) is 33.9 Å². The Morgan fingerprint density at radius 2 is 1.37 bits per heavy atom. The number of methoxy groups -OCH3 is 3. The summed E-state index contributed by atoms with van der Waals surface area (Å²) in [7, 11) is -4.11. The number of aliphatic carboxylic acids is 1. The van der Waals surface area contributed by atoms with E-state index in [2.05, 4.69) is 20.1 Å². The van der Waals surface area contributed by atoms with Crippen molar-refractivity contribution >= 4 is 55.1 Å². The molecule has 4 N–H and O–H groups in total. The summed E-state index contributed by atoms with van der Waals surface area (Å²) in [6.07, 6.45) is 11.9. The summed E-state index contributed by atoms with van der Waals surface area (Å²) in [5, 5.41) is 14.9. The van der Waals surface area contributed by atoms with E-state index >= 15 is 0 Å². The Morgan fingerprint density at radius 3 is 1.97 bits per heavy atom. The van der Waals surface area contributed by atoms with Crippen molar-refractivity contribution in [3.63, 3.8) is 0 Å². The summed E-state index contributed by atoms with van der Waals surface area (Å²) < 4.78 is 86.5. The highest BCUT2D eigenvalue weighted by Crippen LogP contribution is 2.51. The van der Waals surface area contributed by atoms with Crippen molar-refractivity contribution in [3.05, 3.63) is 94.7 Å². The van der Waals surface area contributed by atoms with E-state index in [1.807, 2.05) is 62.4 Å². The van der Waals surface area contributed by atoms with Crippen molar-refractivity contribution in [1.82, 2.24) is 10.6 Å². The fourth-order valence-electron chi connectivity index (χ4n) is 8.61. The summed E-state index contributed by atoms with van der Waals surface area (Å²) in [4.78, 5) is 39.7. The Hall–Kier alpha value is -4.76. The van der Waals surface area contributed by atoms with Crippen LogP contribution < -0.4 is 15.5 Å². The number of allylic oxidation sites excluding steroid dienone is 6. The van der Waals surface area contributed by atoms with Crippen LogP contribution in [0.15, 0.2) is 72.5 Å². The van der Waals surface area contributed by atoms with Crippen LogP contribution >= 0.6 is 0 Å². The molecule has 0 spiro atoms. The molecule has 0 aliphatic carbocycles. The lowest BCUT2D eigenvalue weighted by Crippen LogP contribution is -2.32. The fourth-order valence-corrected chi connectivity index (χ4v) is 9.61. The van der Waals surface area contributed by atoms with E-state index in [1.165, 1.54) is 7.11 Å². The number of hydrogen-bond acceptors (Lipinski definition) is 12. The van der Waals surface area contributed by atoms with Crippen LogP contribution in [0.25, 0.3) is 0 Å². The number of carboxylic acids is 1. The number of amides is 2. The third-order valence-electron chi connectivity index (χ3n) is 11.9. The monoisotopic (exact) mass is 944 g/mol. The normalized spacial score (nSPS) is 19.1. The van der Waals surface area contributed by atoms with Gasteiger partial charge in [-0.05, 0) is 94.3 Å². The molecule has 2 aliphatic rings. The minimum Gasteiger partial charge on any atom is -0.748 e.